The predicted octanol–water partition coefficient (Wildman–Crippen LogP) is 3.27. The molecular weight excluding hydrogens is 399 g/mol. The van der Waals surface area contributed by atoms with E-state index in [9.17, 15) is 0 Å². The third-order valence-electron chi connectivity index (χ3n) is 3.16. The van der Waals surface area contributed by atoms with E-state index in [2.05, 4.69) is 0 Å². The Morgan fingerprint density at radius 1 is 0.727 bits per heavy atom. The summed E-state index contributed by atoms with van der Waals surface area (Å²) in [5.74, 6) is 2.12. The highest BCUT2D eigenvalue weighted by atomic mass is 127. The number of hydrogen-bond donors (Lipinski definition) is 2. The molecular formula is C15H17IN2O4. The molecule has 0 aromatic heterocycles. The fourth-order valence-corrected chi connectivity index (χ4v) is 2.60. The molecule has 0 unspecified atom stereocenters. The third kappa shape index (κ3) is 2.94. The first-order valence-electron chi connectivity index (χ1n) is 6.33. The Morgan fingerprint density at radius 2 is 1.18 bits per heavy atom. The molecule has 2 rings (SSSR count). The van der Waals surface area contributed by atoms with Crippen LogP contribution < -0.4 is 28.7 Å². The van der Waals surface area contributed by atoms with Gasteiger partial charge in [-0.3, -0.25) is 0 Å². The van der Waals surface area contributed by atoms with Crippen LogP contribution >= 0.6 is 23.0 Å². The van der Waals surface area contributed by atoms with Crippen molar-refractivity contribution in [3.05, 3.63) is 24.3 Å². The topological polar surface area (TPSA) is 89.0 Å². The molecule has 0 aliphatic heterocycles. The minimum Gasteiger partial charge on any atom is -0.493 e. The summed E-state index contributed by atoms with van der Waals surface area (Å²) >= 11 is 1.78. The normalized spacial score (nSPS) is 10.2. The van der Waals surface area contributed by atoms with Crippen LogP contribution in [-0.2, 0) is 0 Å². The Hall–Kier alpha value is -2.03. The zero-order valence-electron chi connectivity index (χ0n) is 12.5. The number of halogens is 1. The maximum Gasteiger partial charge on any atom is 0.192 e. The number of hydrogen-bond acceptors (Lipinski definition) is 6. The van der Waals surface area contributed by atoms with Gasteiger partial charge in [-0.05, 0) is 12.1 Å². The first kappa shape index (κ1) is 16.3. The van der Waals surface area contributed by atoms with E-state index < -0.39 is 0 Å². The van der Waals surface area contributed by atoms with Crippen LogP contribution in [0.25, 0.3) is 11.1 Å². The first-order chi connectivity index (χ1) is 10.5. The second kappa shape index (κ2) is 6.82. The van der Waals surface area contributed by atoms with Crippen molar-refractivity contribution in [3.63, 3.8) is 0 Å². The maximum atomic E-state index is 5.96. The van der Waals surface area contributed by atoms with Crippen LogP contribution in [0, 0.1) is 0 Å². The van der Waals surface area contributed by atoms with Crippen LogP contribution in [0.4, 0.5) is 11.4 Å². The van der Waals surface area contributed by atoms with E-state index in [4.69, 9.17) is 28.7 Å². The molecule has 0 amide bonds. The molecule has 0 heterocycles. The molecule has 22 heavy (non-hydrogen) atoms. The van der Waals surface area contributed by atoms with Crippen molar-refractivity contribution in [1.82, 2.24) is 0 Å². The quantitative estimate of drug-likeness (QED) is 0.575. The Balaban J connectivity index is 2.81. The van der Waals surface area contributed by atoms with Gasteiger partial charge in [-0.2, -0.15) is 0 Å². The number of nitrogen functional groups attached to an aromatic ring is 2. The fraction of sp³-hybridized carbons (Fsp3) is 0.200. The second-order valence-electron chi connectivity index (χ2n) is 4.48. The molecule has 0 saturated heterocycles. The van der Waals surface area contributed by atoms with Crippen molar-refractivity contribution >= 4 is 34.4 Å². The van der Waals surface area contributed by atoms with Crippen LogP contribution in [0.3, 0.4) is 0 Å². The van der Waals surface area contributed by atoms with E-state index in [1.165, 1.54) is 0 Å². The van der Waals surface area contributed by atoms with Gasteiger partial charge in [-0.1, -0.05) is 0 Å². The van der Waals surface area contributed by atoms with Crippen molar-refractivity contribution in [3.8, 4) is 34.1 Å². The van der Waals surface area contributed by atoms with Crippen molar-refractivity contribution in [2.45, 2.75) is 0 Å². The van der Waals surface area contributed by atoms with E-state index in [1.807, 2.05) is 0 Å². The first-order valence-corrected chi connectivity index (χ1v) is 7.21. The highest BCUT2D eigenvalue weighted by Crippen LogP contribution is 2.47. The van der Waals surface area contributed by atoms with Gasteiger partial charge < -0.3 is 28.7 Å². The lowest BCUT2D eigenvalue weighted by atomic mass is 10.0. The summed E-state index contributed by atoms with van der Waals surface area (Å²) in [7, 11) is 4.67. The van der Waals surface area contributed by atoms with Gasteiger partial charge in [-0.15, -0.1) is 0 Å². The van der Waals surface area contributed by atoms with Gasteiger partial charge in [-0.25, -0.2) is 0 Å². The highest BCUT2D eigenvalue weighted by Gasteiger charge is 2.20. The van der Waals surface area contributed by atoms with Gasteiger partial charge in [0, 0.05) is 34.6 Å². The molecule has 0 atom stereocenters. The van der Waals surface area contributed by atoms with E-state index in [1.54, 1.807) is 68.6 Å². The van der Waals surface area contributed by atoms with Crippen LogP contribution in [0.15, 0.2) is 24.3 Å². The average Bonchev–Trinajstić information content (AvgIpc) is 2.52. The smallest absolute Gasteiger partial charge is 0.192 e. The van der Waals surface area contributed by atoms with Gasteiger partial charge in [0.25, 0.3) is 0 Å². The Bertz CT molecular complexity index is 632. The van der Waals surface area contributed by atoms with E-state index in [0.717, 1.165) is 0 Å². The number of rotatable bonds is 5. The summed E-state index contributed by atoms with van der Waals surface area (Å²) in [6.45, 7) is 0. The van der Waals surface area contributed by atoms with Crippen LogP contribution in [0.5, 0.6) is 23.0 Å². The monoisotopic (exact) mass is 416 g/mol. The lowest BCUT2D eigenvalue weighted by Gasteiger charge is -2.17. The van der Waals surface area contributed by atoms with Gasteiger partial charge in [0.1, 0.15) is 0 Å². The summed E-state index contributed by atoms with van der Waals surface area (Å²) in [6, 6.07) is 6.92. The maximum absolute atomic E-state index is 5.96. The highest BCUT2D eigenvalue weighted by molar-refractivity contribution is 14.1. The summed E-state index contributed by atoms with van der Waals surface area (Å²) < 4.78 is 21.6. The van der Waals surface area contributed by atoms with Crippen molar-refractivity contribution in [2.75, 3.05) is 32.8 Å². The molecule has 2 aromatic carbocycles. The largest absolute Gasteiger partial charge is 0.493 e. The van der Waals surface area contributed by atoms with Gasteiger partial charge >= 0.3 is 0 Å². The van der Waals surface area contributed by atoms with E-state index in [0.29, 0.717) is 45.5 Å². The number of ether oxygens (including phenoxy) is 3. The molecule has 0 bridgehead atoms. The minimum atomic E-state index is 0.515. The summed E-state index contributed by atoms with van der Waals surface area (Å²) in [4.78, 5) is 0. The van der Waals surface area contributed by atoms with Crippen molar-refractivity contribution < 1.29 is 17.3 Å². The molecule has 0 spiro atoms. The van der Waals surface area contributed by atoms with Crippen molar-refractivity contribution in [2.24, 2.45) is 0 Å². The predicted molar refractivity (Wildman–Crippen MR) is 95.0 cm³/mol. The average molecular weight is 416 g/mol. The molecule has 6 nitrogen and oxygen atoms in total. The summed E-state index contributed by atoms with van der Waals surface area (Å²) in [5.41, 5.74) is 14.4. The zero-order valence-corrected chi connectivity index (χ0v) is 14.6. The van der Waals surface area contributed by atoms with Gasteiger partial charge in [0.15, 0.2) is 46.0 Å². The van der Waals surface area contributed by atoms with Gasteiger partial charge in [0.2, 0.25) is 0 Å². The molecule has 0 radical (unpaired) electrons. The molecule has 0 saturated carbocycles. The lowest BCUT2D eigenvalue weighted by Crippen LogP contribution is -1.99. The number of anilines is 2. The van der Waals surface area contributed by atoms with Crippen molar-refractivity contribution in [1.29, 1.82) is 0 Å². The molecule has 0 fully saturated rings. The molecule has 2 aromatic rings. The van der Waals surface area contributed by atoms with Gasteiger partial charge in [0.05, 0.1) is 21.3 Å². The molecule has 7 heteroatoms. The molecule has 0 aliphatic carbocycles. The second-order valence-corrected chi connectivity index (χ2v) is 4.92. The Labute approximate surface area is 143 Å². The summed E-state index contributed by atoms with van der Waals surface area (Å²) in [6.07, 6.45) is 0. The molecule has 118 valence electrons. The molecule has 0 aliphatic rings. The number of benzene rings is 2. The number of nitrogens with two attached hydrogens (primary N) is 2. The summed E-state index contributed by atoms with van der Waals surface area (Å²) in [5, 5.41) is 0. The standard InChI is InChI=1S/C15H17IN2O4/c1-19-12-6-8(17)4-10(14(12)20-2)11-5-9(18)7-13(22-16)15(11)21-3/h4-7H,17-18H2,1-3H3. The lowest BCUT2D eigenvalue weighted by molar-refractivity contribution is 0.356. The SMILES string of the molecule is COc1cc(N)cc(-c2cc(N)cc(OI)c2OC)c1OC. The zero-order chi connectivity index (χ0) is 16.3. The van der Waals surface area contributed by atoms with E-state index >= 15 is 0 Å². The minimum absolute atomic E-state index is 0.515. The Kier molecular flexibility index (Phi) is 5.07. The fourth-order valence-electron chi connectivity index (χ4n) is 2.28. The Morgan fingerprint density at radius 3 is 1.59 bits per heavy atom. The van der Waals surface area contributed by atoms with Crippen LogP contribution in [-0.4, -0.2) is 21.3 Å². The van der Waals surface area contributed by atoms with Crippen LogP contribution in [0.2, 0.25) is 0 Å². The third-order valence-corrected chi connectivity index (χ3v) is 3.63. The number of methoxy groups -OCH3 is 3. The molecule has 4 N–H and O–H groups in total. The van der Waals surface area contributed by atoms with E-state index in [-0.39, 0.29) is 0 Å². The van der Waals surface area contributed by atoms with Crippen LogP contribution in [0.1, 0.15) is 0 Å².